The fourth-order valence-electron chi connectivity index (χ4n) is 7.46. The highest BCUT2D eigenvalue weighted by Gasteiger charge is 2.59. The van der Waals surface area contributed by atoms with Gasteiger partial charge in [-0.25, -0.2) is 0 Å². The van der Waals surface area contributed by atoms with Gasteiger partial charge in [0.05, 0.1) is 12.2 Å². The molecule has 3 fully saturated rings. The van der Waals surface area contributed by atoms with Crippen molar-refractivity contribution < 1.29 is 10.2 Å². The monoisotopic (exact) mass is 446 g/mol. The van der Waals surface area contributed by atoms with Crippen LogP contribution in [0.4, 0.5) is 0 Å². The predicted octanol–water partition coefficient (Wildman–Crippen LogP) is 6.67. The minimum Gasteiger partial charge on any atom is -0.393 e. The molecule has 0 unspecified atom stereocenters. The summed E-state index contributed by atoms with van der Waals surface area (Å²) in [5.74, 6) is 1.76. The Labute approximate surface area is 190 Å². The van der Waals surface area contributed by atoms with Gasteiger partial charge in [0.25, 0.3) is 0 Å². The van der Waals surface area contributed by atoms with E-state index in [1.165, 1.54) is 12.0 Å². The van der Waals surface area contributed by atoms with E-state index in [1.807, 2.05) is 12.1 Å². The Kier molecular flexibility index (Phi) is 5.18. The number of halogens is 2. The van der Waals surface area contributed by atoms with E-state index in [0.29, 0.717) is 27.8 Å². The van der Waals surface area contributed by atoms with Gasteiger partial charge in [-0.2, -0.15) is 0 Å². The second-order valence-corrected chi connectivity index (χ2v) is 11.5. The maximum absolute atomic E-state index is 11.4. The molecule has 2 N–H and O–H groups in total. The Morgan fingerprint density at radius 1 is 1.03 bits per heavy atom. The van der Waals surface area contributed by atoms with Gasteiger partial charge < -0.3 is 10.2 Å². The van der Waals surface area contributed by atoms with Gasteiger partial charge in [-0.05, 0) is 91.4 Å². The summed E-state index contributed by atoms with van der Waals surface area (Å²) in [7, 11) is 0. The molecule has 0 heterocycles. The van der Waals surface area contributed by atoms with Crippen LogP contribution >= 0.6 is 23.2 Å². The molecular weight excluding hydrogens is 415 g/mol. The van der Waals surface area contributed by atoms with Crippen LogP contribution in [-0.4, -0.2) is 22.4 Å². The zero-order valence-electron chi connectivity index (χ0n) is 17.9. The Balaban J connectivity index is 1.48. The lowest BCUT2D eigenvalue weighted by molar-refractivity contribution is -0.0685. The molecule has 0 spiro atoms. The van der Waals surface area contributed by atoms with Crippen molar-refractivity contribution in [3.8, 4) is 0 Å². The molecule has 1 aromatic carbocycles. The van der Waals surface area contributed by atoms with Crippen LogP contribution in [0.2, 0.25) is 10.0 Å². The summed E-state index contributed by atoms with van der Waals surface area (Å²) >= 11 is 12.5. The van der Waals surface area contributed by atoms with Crippen LogP contribution in [-0.2, 0) is 0 Å². The second-order valence-electron chi connectivity index (χ2n) is 10.7. The number of rotatable bonds is 1. The third kappa shape index (κ3) is 3.13. The van der Waals surface area contributed by atoms with Crippen molar-refractivity contribution in [2.24, 2.45) is 28.6 Å². The smallest absolute Gasteiger partial charge is 0.0809 e. The van der Waals surface area contributed by atoms with Gasteiger partial charge in [-0.1, -0.05) is 60.8 Å². The first-order valence-corrected chi connectivity index (χ1v) is 12.2. The van der Waals surface area contributed by atoms with E-state index in [0.717, 1.165) is 49.7 Å². The SMILES string of the molecule is C[C@]12CC[C@@H]3[C@H](CC=C4C[C@@H](O)CC[C@@]43C)[C@H]1C/C(=C/c1ccc(Cl)cc1Cl)[C@H]2O. The number of allylic oxidation sites excluding steroid dienone is 1. The number of hydrogen-bond acceptors (Lipinski definition) is 2. The molecule has 4 aliphatic carbocycles. The zero-order chi connectivity index (χ0) is 21.3. The molecule has 7 atom stereocenters. The van der Waals surface area contributed by atoms with Crippen molar-refractivity contribution in [1.82, 2.24) is 0 Å². The third-order valence-electron chi connectivity index (χ3n) is 9.25. The molecule has 4 aliphatic rings. The van der Waals surface area contributed by atoms with Gasteiger partial charge in [0.2, 0.25) is 0 Å². The summed E-state index contributed by atoms with van der Waals surface area (Å²) in [5.41, 5.74) is 3.70. The number of benzene rings is 1. The molecule has 0 aliphatic heterocycles. The van der Waals surface area contributed by atoms with Crippen molar-refractivity contribution in [1.29, 1.82) is 0 Å². The highest BCUT2D eigenvalue weighted by molar-refractivity contribution is 6.35. The molecule has 0 saturated heterocycles. The van der Waals surface area contributed by atoms with Crippen molar-refractivity contribution in [2.75, 3.05) is 0 Å². The fourth-order valence-corrected chi connectivity index (χ4v) is 7.92. The van der Waals surface area contributed by atoms with E-state index in [2.05, 4.69) is 26.0 Å². The van der Waals surface area contributed by atoms with Crippen molar-refractivity contribution in [2.45, 2.75) is 71.0 Å². The summed E-state index contributed by atoms with van der Waals surface area (Å²) in [6, 6.07) is 5.58. The first-order valence-electron chi connectivity index (χ1n) is 11.4. The van der Waals surface area contributed by atoms with E-state index in [-0.39, 0.29) is 16.9 Å². The van der Waals surface area contributed by atoms with Gasteiger partial charge in [0, 0.05) is 15.5 Å². The molecule has 0 aromatic heterocycles. The lowest BCUT2D eigenvalue weighted by atomic mass is 9.48. The average molecular weight is 447 g/mol. The highest BCUT2D eigenvalue weighted by Crippen LogP contribution is 2.65. The number of hydrogen-bond donors (Lipinski definition) is 2. The van der Waals surface area contributed by atoms with E-state index >= 15 is 0 Å². The van der Waals surface area contributed by atoms with Crippen LogP contribution < -0.4 is 0 Å². The Morgan fingerprint density at radius 3 is 2.60 bits per heavy atom. The average Bonchev–Trinajstić information content (AvgIpc) is 2.95. The van der Waals surface area contributed by atoms with Gasteiger partial charge in [-0.15, -0.1) is 0 Å². The van der Waals surface area contributed by atoms with Crippen molar-refractivity contribution in [3.05, 3.63) is 51.0 Å². The number of fused-ring (bicyclic) bond motifs is 5. The van der Waals surface area contributed by atoms with Crippen LogP contribution in [0.25, 0.3) is 6.08 Å². The normalized spacial score (nSPS) is 44.3. The molecule has 2 nitrogen and oxygen atoms in total. The van der Waals surface area contributed by atoms with Gasteiger partial charge in [0.1, 0.15) is 0 Å². The molecule has 5 rings (SSSR count). The van der Waals surface area contributed by atoms with Crippen molar-refractivity contribution >= 4 is 29.3 Å². The molecule has 0 amide bonds. The third-order valence-corrected chi connectivity index (χ3v) is 9.81. The molecule has 0 bridgehead atoms. The van der Waals surface area contributed by atoms with Crippen LogP contribution in [0.15, 0.2) is 35.4 Å². The predicted molar refractivity (Wildman–Crippen MR) is 124 cm³/mol. The summed E-state index contributed by atoms with van der Waals surface area (Å²) < 4.78 is 0. The maximum Gasteiger partial charge on any atom is 0.0809 e. The summed E-state index contributed by atoms with van der Waals surface area (Å²) in [6.07, 6.45) is 11.1. The fraction of sp³-hybridized carbons (Fsp3) is 0.615. The molecule has 1 aromatic rings. The molecule has 4 heteroatoms. The van der Waals surface area contributed by atoms with Gasteiger partial charge in [0.15, 0.2) is 0 Å². The van der Waals surface area contributed by atoms with E-state index < -0.39 is 6.10 Å². The van der Waals surface area contributed by atoms with Crippen LogP contribution in [0.5, 0.6) is 0 Å². The van der Waals surface area contributed by atoms with E-state index in [1.54, 1.807) is 6.07 Å². The van der Waals surface area contributed by atoms with Gasteiger partial charge in [-0.3, -0.25) is 0 Å². The van der Waals surface area contributed by atoms with Crippen molar-refractivity contribution in [3.63, 3.8) is 0 Å². The standard InChI is InChI=1S/C26H32Cl2O2/c1-25-9-7-19(29)13-17(25)4-6-20-21(25)8-10-26(2)22(20)12-16(24(26)30)11-15-3-5-18(27)14-23(15)28/h3-5,11,14,19-22,24,29-30H,6-10,12-13H2,1-2H3/b16-11-/t19-,20-,21+,22+,24+,25-,26-/m0/s1. The first kappa shape index (κ1) is 21.1. The van der Waals surface area contributed by atoms with Crippen LogP contribution in [0.3, 0.4) is 0 Å². The highest BCUT2D eigenvalue weighted by atomic mass is 35.5. The van der Waals surface area contributed by atoms with Crippen LogP contribution in [0, 0.1) is 28.6 Å². The minimum absolute atomic E-state index is 0.0677. The Hall–Kier alpha value is -0.800. The lowest BCUT2D eigenvalue weighted by Gasteiger charge is -2.57. The second kappa shape index (κ2) is 7.37. The molecular formula is C26H32Cl2O2. The maximum atomic E-state index is 11.4. The summed E-state index contributed by atoms with van der Waals surface area (Å²) in [4.78, 5) is 0. The first-order chi connectivity index (χ1) is 14.2. The lowest BCUT2D eigenvalue weighted by Crippen LogP contribution is -2.51. The minimum atomic E-state index is -0.415. The summed E-state index contributed by atoms with van der Waals surface area (Å²) in [5, 5.41) is 22.9. The summed E-state index contributed by atoms with van der Waals surface area (Å²) in [6.45, 7) is 4.74. The Morgan fingerprint density at radius 2 is 1.83 bits per heavy atom. The zero-order valence-corrected chi connectivity index (χ0v) is 19.4. The van der Waals surface area contributed by atoms with E-state index in [9.17, 15) is 10.2 Å². The quantitative estimate of drug-likeness (QED) is 0.472. The largest absolute Gasteiger partial charge is 0.393 e. The van der Waals surface area contributed by atoms with Gasteiger partial charge >= 0.3 is 0 Å². The number of aliphatic hydroxyl groups excluding tert-OH is 2. The molecule has 0 radical (unpaired) electrons. The molecule has 30 heavy (non-hydrogen) atoms. The molecule has 3 saturated carbocycles. The molecule has 162 valence electrons. The van der Waals surface area contributed by atoms with Crippen LogP contribution in [0.1, 0.15) is 64.4 Å². The van der Waals surface area contributed by atoms with E-state index in [4.69, 9.17) is 23.2 Å². The Bertz CT molecular complexity index is 922. The number of aliphatic hydroxyl groups is 2. The topological polar surface area (TPSA) is 40.5 Å².